The monoisotopic (exact) mass is 402 g/mol. The van der Waals surface area contributed by atoms with E-state index >= 15 is 0 Å². The molecule has 0 saturated heterocycles. The van der Waals surface area contributed by atoms with E-state index in [1.807, 2.05) is 25.2 Å². The minimum absolute atomic E-state index is 0. The van der Waals surface area contributed by atoms with Gasteiger partial charge in [-0.2, -0.15) is 0 Å². The standard InChI is InChI=1S/C17H19FN2O2S2.ClH/c1-19-12-4-7-17-23-16-6-3-2-5-15(16)20(24(17,21)22)14-10-8-13(18)9-11-14;/h2-3,5-6,8-11,17,19H,4,7,12H2,1H3;1H. The number of benzene rings is 2. The number of halogens is 2. The Hall–Kier alpha value is -1.28. The Morgan fingerprint density at radius 1 is 1.16 bits per heavy atom. The Morgan fingerprint density at radius 3 is 2.52 bits per heavy atom. The van der Waals surface area contributed by atoms with Gasteiger partial charge in [-0.15, -0.1) is 24.2 Å². The molecule has 2 aromatic carbocycles. The van der Waals surface area contributed by atoms with Crippen LogP contribution >= 0.6 is 24.2 Å². The number of anilines is 2. The number of fused-ring (bicyclic) bond motifs is 1. The fraction of sp³-hybridized carbons (Fsp3) is 0.294. The predicted octanol–water partition coefficient (Wildman–Crippen LogP) is 4.15. The molecule has 1 aliphatic rings. The first-order valence-electron chi connectivity index (χ1n) is 7.74. The van der Waals surface area contributed by atoms with Crippen LogP contribution in [0.5, 0.6) is 0 Å². The normalized spacial score (nSPS) is 18.3. The first kappa shape index (κ1) is 20.0. The van der Waals surface area contributed by atoms with Crippen LogP contribution in [0, 0.1) is 5.82 Å². The Labute approximate surface area is 158 Å². The minimum Gasteiger partial charge on any atom is -0.320 e. The van der Waals surface area contributed by atoms with E-state index in [2.05, 4.69) is 5.32 Å². The Kier molecular flexibility index (Phi) is 6.73. The van der Waals surface area contributed by atoms with Crippen LogP contribution < -0.4 is 9.62 Å². The molecule has 0 spiro atoms. The van der Waals surface area contributed by atoms with Gasteiger partial charge in [-0.1, -0.05) is 12.1 Å². The van der Waals surface area contributed by atoms with Crippen LogP contribution in [0.15, 0.2) is 53.4 Å². The highest BCUT2D eigenvalue weighted by molar-refractivity contribution is 8.14. The van der Waals surface area contributed by atoms with Gasteiger partial charge in [-0.05, 0) is 62.8 Å². The highest BCUT2D eigenvalue weighted by atomic mass is 35.5. The molecule has 0 aromatic heterocycles. The molecule has 4 nitrogen and oxygen atoms in total. The largest absolute Gasteiger partial charge is 0.320 e. The topological polar surface area (TPSA) is 49.4 Å². The van der Waals surface area contributed by atoms with Crippen LogP contribution in [0.4, 0.5) is 15.8 Å². The summed E-state index contributed by atoms with van der Waals surface area (Å²) in [7, 11) is -1.73. The smallest absolute Gasteiger partial charge is 0.252 e. The molecule has 1 N–H and O–H groups in total. The SMILES string of the molecule is CNCCCC1Sc2ccccc2N(c2ccc(F)cc2)S1(=O)=O.Cl. The van der Waals surface area contributed by atoms with Gasteiger partial charge in [-0.3, -0.25) is 0 Å². The average Bonchev–Trinajstić information content (AvgIpc) is 2.56. The highest BCUT2D eigenvalue weighted by Crippen LogP contribution is 2.47. The zero-order valence-corrected chi connectivity index (χ0v) is 16.1. The summed E-state index contributed by atoms with van der Waals surface area (Å²) in [5.74, 6) is -0.388. The zero-order chi connectivity index (χ0) is 17.2. The van der Waals surface area contributed by atoms with Gasteiger partial charge in [-0.25, -0.2) is 17.1 Å². The van der Waals surface area contributed by atoms with Crippen LogP contribution in [-0.2, 0) is 10.0 Å². The summed E-state index contributed by atoms with van der Waals surface area (Å²) in [5.41, 5.74) is 1.08. The Bertz CT molecular complexity index is 816. The van der Waals surface area contributed by atoms with Crippen molar-refractivity contribution in [3.8, 4) is 0 Å². The van der Waals surface area contributed by atoms with Crippen LogP contribution in [0.2, 0.25) is 0 Å². The molecule has 0 amide bonds. The molecule has 0 saturated carbocycles. The summed E-state index contributed by atoms with van der Waals surface area (Å²) in [6, 6.07) is 13.0. The van der Waals surface area contributed by atoms with Crippen molar-refractivity contribution in [2.45, 2.75) is 22.3 Å². The first-order chi connectivity index (χ1) is 11.5. The van der Waals surface area contributed by atoms with Crippen molar-refractivity contribution in [2.75, 3.05) is 17.9 Å². The van der Waals surface area contributed by atoms with Gasteiger partial charge < -0.3 is 5.32 Å². The fourth-order valence-corrected chi connectivity index (χ4v) is 6.36. The lowest BCUT2D eigenvalue weighted by Gasteiger charge is -2.35. The van der Waals surface area contributed by atoms with Crippen LogP contribution in [0.3, 0.4) is 0 Å². The number of nitrogens with zero attached hydrogens (tertiary/aromatic N) is 1. The summed E-state index contributed by atoms with van der Waals surface area (Å²) >= 11 is 1.38. The van der Waals surface area contributed by atoms with E-state index in [-0.39, 0.29) is 18.2 Å². The van der Waals surface area contributed by atoms with E-state index in [0.717, 1.165) is 17.9 Å². The van der Waals surface area contributed by atoms with E-state index in [0.29, 0.717) is 17.8 Å². The molecule has 25 heavy (non-hydrogen) atoms. The van der Waals surface area contributed by atoms with Crippen molar-refractivity contribution >= 4 is 45.6 Å². The lowest BCUT2D eigenvalue weighted by Crippen LogP contribution is -2.37. The number of hydrogen-bond donors (Lipinski definition) is 1. The third-order valence-electron chi connectivity index (χ3n) is 3.86. The van der Waals surface area contributed by atoms with Gasteiger partial charge in [0.15, 0.2) is 0 Å². The van der Waals surface area contributed by atoms with E-state index in [9.17, 15) is 12.8 Å². The predicted molar refractivity (Wildman–Crippen MR) is 104 cm³/mol. The van der Waals surface area contributed by atoms with Crippen LogP contribution in [0.1, 0.15) is 12.8 Å². The molecule has 0 bridgehead atoms. The van der Waals surface area contributed by atoms with Gasteiger partial charge in [0.25, 0.3) is 10.0 Å². The van der Waals surface area contributed by atoms with Crippen molar-refractivity contribution in [1.82, 2.24) is 5.32 Å². The van der Waals surface area contributed by atoms with Crippen molar-refractivity contribution in [3.05, 3.63) is 54.3 Å². The number of para-hydroxylation sites is 1. The molecule has 2 aromatic rings. The summed E-state index contributed by atoms with van der Waals surface area (Å²) in [6.45, 7) is 0.769. The molecule has 0 radical (unpaired) electrons. The Balaban J connectivity index is 0.00000225. The van der Waals surface area contributed by atoms with Gasteiger partial charge in [0.2, 0.25) is 0 Å². The molecule has 1 heterocycles. The molecule has 136 valence electrons. The maximum atomic E-state index is 13.2. The molecule has 0 aliphatic carbocycles. The highest BCUT2D eigenvalue weighted by Gasteiger charge is 2.39. The second-order valence-corrected chi connectivity index (χ2v) is 9.05. The van der Waals surface area contributed by atoms with Crippen LogP contribution in [0.25, 0.3) is 0 Å². The first-order valence-corrected chi connectivity index (χ1v) is 10.1. The molecular weight excluding hydrogens is 383 g/mol. The minimum atomic E-state index is -3.58. The maximum Gasteiger partial charge on any atom is 0.252 e. The van der Waals surface area contributed by atoms with Crippen LogP contribution in [-0.4, -0.2) is 26.6 Å². The van der Waals surface area contributed by atoms with Crippen molar-refractivity contribution in [1.29, 1.82) is 0 Å². The van der Waals surface area contributed by atoms with Gasteiger partial charge in [0.05, 0.1) is 11.4 Å². The van der Waals surface area contributed by atoms with Gasteiger partial charge in [0, 0.05) is 4.90 Å². The number of thioether (sulfide) groups is 1. The maximum absolute atomic E-state index is 13.2. The van der Waals surface area contributed by atoms with E-state index in [1.165, 1.54) is 40.3 Å². The number of rotatable bonds is 5. The van der Waals surface area contributed by atoms with Crippen molar-refractivity contribution in [2.24, 2.45) is 0 Å². The average molecular weight is 403 g/mol. The molecule has 1 aliphatic heterocycles. The number of nitrogens with one attached hydrogen (secondary N) is 1. The second kappa shape index (κ2) is 8.40. The molecule has 1 unspecified atom stereocenters. The summed E-state index contributed by atoms with van der Waals surface area (Å²) < 4.78 is 40.3. The van der Waals surface area contributed by atoms with E-state index in [4.69, 9.17) is 0 Å². The summed E-state index contributed by atoms with van der Waals surface area (Å²) in [4.78, 5) is 0.922. The lowest BCUT2D eigenvalue weighted by molar-refractivity contribution is 0.584. The van der Waals surface area contributed by atoms with Crippen molar-refractivity contribution in [3.63, 3.8) is 0 Å². The molecule has 1 atom stereocenters. The van der Waals surface area contributed by atoms with Gasteiger partial charge in [0.1, 0.15) is 10.4 Å². The number of hydrogen-bond acceptors (Lipinski definition) is 4. The molecule has 3 rings (SSSR count). The molecule has 0 fully saturated rings. The fourth-order valence-electron chi connectivity index (χ4n) is 2.70. The summed E-state index contributed by atoms with van der Waals surface area (Å²) in [6.07, 6.45) is 1.33. The third-order valence-corrected chi connectivity index (χ3v) is 7.79. The molecule has 8 heteroatoms. The van der Waals surface area contributed by atoms with Gasteiger partial charge >= 0.3 is 0 Å². The quantitative estimate of drug-likeness (QED) is 0.763. The second-order valence-electron chi connectivity index (χ2n) is 5.55. The van der Waals surface area contributed by atoms with E-state index in [1.54, 1.807) is 6.07 Å². The van der Waals surface area contributed by atoms with E-state index < -0.39 is 14.6 Å². The molecular formula is C17H20ClFN2O2S2. The third kappa shape index (κ3) is 4.11. The zero-order valence-electron chi connectivity index (χ0n) is 13.7. The lowest BCUT2D eigenvalue weighted by atomic mass is 10.2. The van der Waals surface area contributed by atoms with Crippen molar-refractivity contribution < 1.29 is 12.8 Å². The summed E-state index contributed by atoms with van der Waals surface area (Å²) in [5, 5.41) is 3.04. The Morgan fingerprint density at radius 2 is 1.84 bits per heavy atom. The number of sulfonamides is 1.